The molecule has 1 unspecified atom stereocenters. The molecule has 0 amide bonds. The predicted octanol–water partition coefficient (Wildman–Crippen LogP) is 3.55. The van der Waals surface area contributed by atoms with E-state index in [2.05, 4.69) is 0 Å². The molecule has 0 saturated carbocycles. The lowest BCUT2D eigenvalue weighted by Crippen LogP contribution is -2.08. The van der Waals surface area contributed by atoms with E-state index in [1.165, 1.54) is 0 Å². The van der Waals surface area contributed by atoms with Crippen molar-refractivity contribution in [2.75, 3.05) is 19.0 Å². The van der Waals surface area contributed by atoms with Gasteiger partial charge in [0, 0.05) is 5.75 Å². The van der Waals surface area contributed by atoms with Crippen molar-refractivity contribution in [1.29, 1.82) is 0 Å². The minimum atomic E-state index is -3.12. The second-order valence-corrected chi connectivity index (χ2v) is 9.09. The van der Waals surface area contributed by atoms with Crippen LogP contribution in [0.25, 0.3) is 0 Å². The third kappa shape index (κ3) is 10.1. The van der Waals surface area contributed by atoms with Crippen molar-refractivity contribution in [2.24, 2.45) is 11.8 Å². The van der Waals surface area contributed by atoms with E-state index in [-0.39, 0.29) is 0 Å². The maximum atomic E-state index is 12.3. The summed E-state index contributed by atoms with van der Waals surface area (Å²) in [5, 5.41) is 9.22. The number of rotatable bonds is 9. The van der Waals surface area contributed by atoms with Crippen molar-refractivity contribution in [3.63, 3.8) is 0 Å². The molecular formula is C11H25O4PS. The van der Waals surface area contributed by atoms with Crippen LogP contribution in [0.15, 0.2) is 0 Å². The maximum Gasteiger partial charge on any atom is 0.389 e. The van der Waals surface area contributed by atoms with Gasteiger partial charge in [-0.05, 0) is 30.1 Å². The molecule has 0 heterocycles. The highest BCUT2D eigenvalue weighted by molar-refractivity contribution is 8.55. The Bertz CT molecular complexity index is 206. The molecule has 104 valence electrons. The van der Waals surface area contributed by atoms with E-state index < -0.39 is 12.9 Å². The third-order valence-corrected chi connectivity index (χ3v) is 5.51. The average Bonchev–Trinajstić information content (AvgIpc) is 2.21. The second-order valence-electron chi connectivity index (χ2n) is 4.97. The van der Waals surface area contributed by atoms with Crippen LogP contribution in [0.2, 0.25) is 0 Å². The van der Waals surface area contributed by atoms with Crippen molar-refractivity contribution < 1.29 is 18.7 Å². The molecule has 0 aromatic rings. The van der Waals surface area contributed by atoms with Crippen LogP contribution in [0, 0.1) is 11.8 Å². The minimum Gasteiger partial charge on any atom is -0.393 e. The topological polar surface area (TPSA) is 55.8 Å². The van der Waals surface area contributed by atoms with E-state index >= 15 is 0 Å². The zero-order valence-corrected chi connectivity index (χ0v) is 13.1. The van der Waals surface area contributed by atoms with Crippen molar-refractivity contribution in [3.8, 4) is 0 Å². The molecule has 0 fully saturated rings. The second kappa shape index (κ2) is 8.54. The van der Waals surface area contributed by atoms with Gasteiger partial charge in [-0.1, -0.05) is 27.7 Å². The highest BCUT2D eigenvalue weighted by Gasteiger charge is 2.27. The van der Waals surface area contributed by atoms with Crippen LogP contribution in [-0.2, 0) is 13.6 Å². The van der Waals surface area contributed by atoms with E-state index in [4.69, 9.17) is 9.05 Å². The zero-order valence-electron chi connectivity index (χ0n) is 11.4. The van der Waals surface area contributed by atoms with Crippen LogP contribution in [0.4, 0.5) is 0 Å². The SMILES string of the molecule is CC(C)COP(=O)(OCC(C)C)SCC(C)O. The number of aliphatic hydroxyl groups excluding tert-OH is 1. The first-order chi connectivity index (χ1) is 7.75. The van der Waals surface area contributed by atoms with Gasteiger partial charge in [-0.25, -0.2) is 4.57 Å². The van der Waals surface area contributed by atoms with Crippen LogP contribution in [0.1, 0.15) is 34.6 Å². The third-order valence-electron chi connectivity index (χ3n) is 1.61. The van der Waals surface area contributed by atoms with Gasteiger partial charge < -0.3 is 14.2 Å². The Hall–Kier alpha value is 0.460. The highest BCUT2D eigenvalue weighted by Crippen LogP contribution is 2.61. The van der Waals surface area contributed by atoms with Gasteiger partial charge in [0.2, 0.25) is 0 Å². The summed E-state index contributed by atoms with van der Waals surface area (Å²) < 4.78 is 23.1. The Kier molecular flexibility index (Phi) is 8.77. The summed E-state index contributed by atoms with van der Waals surface area (Å²) >= 11 is 1.08. The van der Waals surface area contributed by atoms with E-state index in [0.29, 0.717) is 30.8 Å². The molecule has 0 aromatic carbocycles. The number of hydrogen-bond donors (Lipinski definition) is 1. The van der Waals surface area contributed by atoms with Gasteiger partial charge in [-0.15, -0.1) is 0 Å². The lowest BCUT2D eigenvalue weighted by Gasteiger charge is -2.20. The minimum absolute atomic E-state index is 0.304. The molecule has 4 nitrogen and oxygen atoms in total. The van der Waals surface area contributed by atoms with Crippen molar-refractivity contribution in [3.05, 3.63) is 0 Å². The first-order valence-corrected chi connectivity index (χ1v) is 9.10. The van der Waals surface area contributed by atoms with Gasteiger partial charge in [-0.2, -0.15) is 0 Å². The molecule has 1 atom stereocenters. The standard InChI is InChI=1S/C11H25O4PS/c1-9(2)6-14-16(13,15-7-10(3)4)17-8-11(5)12/h9-12H,6-8H2,1-5H3. The Balaban J connectivity index is 4.29. The largest absolute Gasteiger partial charge is 0.393 e. The molecule has 0 aromatic heterocycles. The first kappa shape index (κ1) is 17.5. The lowest BCUT2D eigenvalue weighted by molar-refractivity contribution is 0.186. The molecule has 0 aliphatic carbocycles. The summed E-state index contributed by atoms with van der Waals surface area (Å²) in [6.45, 7) is 7.31. The van der Waals surface area contributed by atoms with E-state index in [1.54, 1.807) is 6.92 Å². The van der Waals surface area contributed by atoms with E-state index in [1.807, 2.05) is 27.7 Å². The van der Waals surface area contributed by atoms with Crippen molar-refractivity contribution >= 4 is 18.2 Å². The molecule has 0 aliphatic rings. The van der Waals surface area contributed by atoms with Crippen LogP contribution in [0.5, 0.6) is 0 Å². The summed E-state index contributed by atoms with van der Waals surface area (Å²) in [7, 11) is 0. The summed E-state index contributed by atoms with van der Waals surface area (Å²) in [4.78, 5) is 0. The van der Waals surface area contributed by atoms with Gasteiger partial charge in [0.15, 0.2) is 0 Å². The molecule has 0 aliphatic heterocycles. The van der Waals surface area contributed by atoms with E-state index in [9.17, 15) is 9.67 Å². The molecule has 0 bridgehead atoms. The van der Waals surface area contributed by atoms with Crippen LogP contribution in [-0.4, -0.2) is 30.2 Å². The molecule has 0 radical (unpaired) electrons. The summed E-state index contributed by atoms with van der Waals surface area (Å²) in [5.74, 6) is 0.962. The molecule has 0 rings (SSSR count). The highest BCUT2D eigenvalue weighted by atomic mass is 32.7. The summed E-state index contributed by atoms with van der Waals surface area (Å²) in [6, 6.07) is 0. The fourth-order valence-electron chi connectivity index (χ4n) is 0.792. The lowest BCUT2D eigenvalue weighted by atomic mass is 10.2. The smallest absolute Gasteiger partial charge is 0.389 e. The summed E-state index contributed by atoms with van der Waals surface area (Å²) in [5.41, 5.74) is 0. The molecule has 6 heteroatoms. The number of aliphatic hydroxyl groups is 1. The fourth-order valence-corrected chi connectivity index (χ4v) is 4.38. The van der Waals surface area contributed by atoms with Crippen molar-refractivity contribution in [1.82, 2.24) is 0 Å². The normalized spacial score (nSPS) is 14.6. The molecule has 0 saturated heterocycles. The fraction of sp³-hybridized carbons (Fsp3) is 1.00. The zero-order chi connectivity index (χ0) is 13.5. The Morgan fingerprint density at radius 3 is 1.76 bits per heavy atom. The average molecular weight is 284 g/mol. The van der Waals surface area contributed by atoms with Crippen LogP contribution >= 0.6 is 18.2 Å². The Morgan fingerprint density at radius 2 is 1.47 bits per heavy atom. The molecule has 0 spiro atoms. The van der Waals surface area contributed by atoms with Crippen molar-refractivity contribution in [2.45, 2.75) is 40.7 Å². The van der Waals surface area contributed by atoms with E-state index in [0.717, 1.165) is 11.4 Å². The molecule has 1 N–H and O–H groups in total. The van der Waals surface area contributed by atoms with Crippen LogP contribution in [0.3, 0.4) is 0 Å². The maximum absolute atomic E-state index is 12.3. The van der Waals surface area contributed by atoms with Crippen LogP contribution < -0.4 is 0 Å². The Labute approximate surface area is 109 Å². The monoisotopic (exact) mass is 284 g/mol. The van der Waals surface area contributed by atoms with Gasteiger partial charge >= 0.3 is 6.80 Å². The Morgan fingerprint density at radius 1 is 1.06 bits per heavy atom. The quantitative estimate of drug-likeness (QED) is 0.656. The van der Waals surface area contributed by atoms with Gasteiger partial charge in [0.25, 0.3) is 0 Å². The van der Waals surface area contributed by atoms with Gasteiger partial charge in [-0.3, -0.25) is 0 Å². The predicted molar refractivity (Wildman–Crippen MR) is 73.3 cm³/mol. The molecular weight excluding hydrogens is 259 g/mol. The van der Waals surface area contributed by atoms with Gasteiger partial charge in [0.05, 0.1) is 19.3 Å². The number of hydrogen-bond acceptors (Lipinski definition) is 5. The first-order valence-electron chi connectivity index (χ1n) is 5.97. The van der Waals surface area contributed by atoms with Gasteiger partial charge in [0.1, 0.15) is 0 Å². The molecule has 17 heavy (non-hydrogen) atoms. The summed E-state index contributed by atoms with van der Waals surface area (Å²) in [6.07, 6.45) is -0.515.